The minimum absolute atomic E-state index is 0.131. The quantitative estimate of drug-likeness (QED) is 0.448. The summed E-state index contributed by atoms with van der Waals surface area (Å²) in [6.45, 7) is 12.8. The Morgan fingerprint density at radius 3 is 1.25 bits per heavy atom. The molecule has 0 radical (unpaired) electrons. The van der Waals surface area contributed by atoms with Crippen LogP contribution in [0.1, 0.15) is 12.8 Å². The molecule has 0 aromatic carbocycles. The summed E-state index contributed by atoms with van der Waals surface area (Å²) >= 11 is 0. The lowest BCUT2D eigenvalue weighted by atomic mass is 9.98. The summed E-state index contributed by atoms with van der Waals surface area (Å²) in [5, 5.41) is 0. The molecule has 90 valence electrons. The molecule has 0 N–H and O–H groups in total. The summed E-state index contributed by atoms with van der Waals surface area (Å²) in [6, 6.07) is 0. The third-order valence-electron chi connectivity index (χ3n) is 2.01. The third-order valence-corrected chi connectivity index (χ3v) is 2.01. The molecule has 0 unspecified atom stereocenters. The van der Waals surface area contributed by atoms with Crippen molar-refractivity contribution in [3.63, 3.8) is 0 Å². The van der Waals surface area contributed by atoms with E-state index in [0.717, 1.165) is 12.2 Å². The van der Waals surface area contributed by atoms with Crippen molar-refractivity contribution in [3.05, 3.63) is 49.6 Å². The van der Waals surface area contributed by atoms with Crippen molar-refractivity contribution < 1.29 is 17.6 Å². The van der Waals surface area contributed by atoms with E-state index in [2.05, 4.69) is 26.3 Å². The average Bonchev–Trinajstić information content (AvgIpc) is 2.15. The van der Waals surface area contributed by atoms with Crippen molar-refractivity contribution in [2.75, 3.05) is 0 Å². The molecule has 0 aliphatic carbocycles. The van der Waals surface area contributed by atoms with Gasteiger partial charge in [-0.15, -0.1) is 0 Å². The molecule has 0 atom stereocenters. The molecule has 0 rings (SSSR count). The lowest BCUT2D eigenvalue weighted by Gasteiger charge is -2.26. The molecule has 0 saturated heterocycles. The smallest absolute Gasteiger partial charge is 0.200 e. The molecule has 4 heteroatoms. The predicted molar refractivity (Wildman–Crippen MR) is 57.8 cm³/mol. The Morgan fingerprint density at radius 1 is 0.812 bits per heavy atom. The molecule has 0 heterocycles. The van der Waals surface area contributed by atoms with Crippen LogP contribution in [0.3, 0.4) is 0 Å². The second-order valence-electron chi connectivity index (χ2n) is 3.49. The summed E-state index contributed by atoms with van der Waals surface area (Å²) in [5.74, 6) is -8.32. The molecule has 0 saturated carbocycles. The molecular formula is C12H14F4. The lowest BCUT2D eigenvalue weighted by Crippen LogP contribution is -2.40. The summed E-state index contributed by atoms with van der Waals surface area (Å²) in [6.07, 6.45) is -0.166. The largest absolute Gasteiger partial charge is 0.314 e. The minimum Gasteiger partial charge on any atom is -0.200 e. The fourth-order valence-corrected chi connectivity index (χ4v) is 0.973. The van der Waals surface area contributed by atoms with E-state index < -0.39 is 24.7 Å². The first-order chi connectivity index (χ1) is 7.16. The van der Waals surface area contributed by atoms with Gasteiger partial charge in [-0.25, -0.2) is 0 Å². The summed E-state index contributed by atoms with van der Waals surface area (Å²) in [7, 11) is 0. The third kappa shape index (κ3) is 3.68. The van der Waals surface area contributed by atoms with Crippen LogP contribution in [0.15, 0.2) is 49.6 Å². The second kappa shape index (κ2) is 5.14. The Morgan fingerprint density at radius 2 is 1.06 bits per heavy atom. The second-order valence-corrected chi connectivity index (χ2v) is 3.49. The SMILES string of the molecule is C=CC(=C)CC(F)(F)C(F)(F)CC(=C)C=C. The van der Waals surface area contributed by atoms with Crippen LogP contribution < -0.4 is 0 Å². The molecule has 0 nitrogen and oxygen atoms in total. The Kier molecular flexibility index (Phi) is 4.72. The summed E-state index contributed by atoms with van der Waals surface area (Å²) < 4.78 is 52.8. The van der Waals surface area contributed by atoms with Gasteiger partial charge in [0, 0.05) is 12.8 Å². The molecule has 0 aromatic rings. The molecule has 0 spiro atoms. The molecule has 0 bridgehead atoms. The Balaban J connectivity index is 4.82. The standard InChI is InChI=1S/C12H14F4/c1-5-9(3)7-11(13,14)12(15,16)8-10(4)6-2/h5-6H,1-4,7-8H2. The number of alkyl halides is 4. The van der Waals surface area contributed by atoms with Crippen molar-refractivity contribution >= 4 is 0 Å². The van der Waals surface area contributed by atoms with E-state index in [-0.39, 0.29) is 11.1 Å². The van der Waals surface area contributed by atoms with E-state index in [9.17, 15) is 17.6 Å². The van der Waals surface area contributed by atoms with Crippen molar-refractivity contribution in [1.29, 1.82) is 0 Å². The van der Waals surface area contributed by atoms with Crippen LogP contribution in [0.4, 0.5) is 17.6 Å². The van der Waals surface area contributed by atoms with Crippen molar-refractivity contribution in [1.82, 2.24) is 0 Å². The van der Waals surface area contributed by atoms with E-state index in [0.29, 0.717) is 0 Å². The highest BCUT2D eigenvalue weighted by Crippen LogP contribution is 2.42. The molecule has 0 amide bonds. The Bertz CT molecular complexity index is 281. The van der Waals surface area contributed by atoms with E-state index in [4.69, 9.17) is 0 Å². The van der Waals surface area contributed by atoms with Gasteiger partial charge in [-0.1, -0.05) is 38.5 Å². The maximum Gasteiger partial charge on any atom is 0.314 e. The normalized spacial score (nSPS) is 12.0. The van der Waals surface area contributed by atoms with Crippen LogP contribution in [0.2, 0.25) is 0 Å². The van der Waals surface area contributed by atoms with Crippen molar-refractivity contribution in [2.24, 2.45) is 0 Å². The maximum atomic E-state index is 13.2. The van der Waals surface area contributed by atoms with E-state index in [1.54, 1.807) is 0 Å². The van der Waals surface area contributed by atoms with Gasteiger partial charge in [0.1, 0.15) is 0 Å². The number of hydrogen-bond acceptors (Lipinski definition) is 0. The number of allylic oxidation sites excluding steroid dienone is 4. The topological polar surface area (TPSA) is 0 Å². The number of halogens is 4. The highest BCUT2D eigenvalue weighted by molar-refractivity contribution is 5.18. The highest BCUT2D eigenvalue weighted by Gasteiger charge is 2.55. The van der Waals surface area contributed by atoms with Crippen LogP contribution >= 0.6 is 0 Å². The maximum absolute atomic E-state index is 13.2. The molecular weight excluding hydrogens is 220 g/mol. The van der Waals surface area contributed by atoms with Gasteiger partial charge >= 0.3 is 11.8 Å². The molecule has 0 fully saturated rings. The van der Waals surface area contributed by atoms with E-state index in [1.165, 1.54) is 0 Å². The van der Waals surface area contributed by atoms with Crippen LogP contribution in [0.25, 0.3) is 0 Å². The fourth-order valence-electron chi connectivity index (χ4n) is 0.973. The predicted octanol–water partition coefficient (Wildman–Crippen LogP) is 4.52. The number of hydrogen-bond donors (Lipinski definition) is 0. The minimum atomic E-state index is -4.16. The lowest BCUT2D eigenvalue weighted by molar-refractivity contribution is -0.205. The van der Waals surface area contributed by atoms with Gasteiger partial charge in [0.05, 0.1) is 0 Å². The van der Waals surface area contributed by atoms with Crippen LogP contribution in [0.5, 0.6) is 0 Å². The first-order valence-electron chi connectivity index (χ1n) is 4.52. The molecule has 0 aliphatic heterocycles. The van der Waals surface area contributed by atoms with Crippen LogP contribution in [-0.2, 0) is 0 Å². The van der Waals surface area contributed by atoms with Crippen LogP contribution in [-0.4, -0.2) is 11.8 Å². The summed E-state index contributed by atoms with van der Waals surface area (Å²) in [4.78, 5) is 0. The van der Waals surface area contributed by atoms with Gasteiger partial charge in [-0.3, -0.25) is 0 Å². The van der Waals surface area contributed by atoms with Gasteiger partial charge in [0.25, 0.3) is 0 Å². The molecule has 16 heavy (non-hydrogen) atoms. The summed E-state index contributed by atoms with van der Waals surface area (Å²) in [5.41, 5.74) is -0.261. The molecule has 0 aromatic heterocycles. The zero-order valence-electron chi connectivity index (χ0n) is 8.91. The van der Waals surface area contributed by atoms with Crippen LogP contribution in [0, 0.1) is 0 Å². The van der Waals surface area contributed by atoms with Gasteiger partial charge < -0.3 is 0 Å². The highest BCUT2D eigenvalue weighted by atomic mass is 19.3. The zero-order chi connectivity index (χ0) is 13.0. The molecule has 0 aliphatic rings. The average molecular weight is 234 g/mol. The van der Waals surface area contributed by atoms with Gasteiger partial charge in [-0.2, -0.15) is 17.6 Å². The Hall–Kier alpha value is -1.32. The van der Waals surface area contributed by atoms with Gasteiger partial charge in [0.15, 0.2) is 0 Å². The monoisotopic (exact) mass is 234 g/mol. The van der Waals surface area contributed by atoms with Crippen molar-refractivity contribution in [2.45, 2.75) is 24.7 Å². The zero-order valence-corrected chi connectivity index (χ0v) is 8.91. The first kappa shape index (κ1) is 14.7. The van der Waals surface area contributed by atoms with Gasteiger partial charge in [-0.05, 0) is 11.1 Å². The fraction of sp³-hybridized carbons (Fsp3) is 0.333. The first-order valence-corrected chi connectivity index (χ1v) is 4.52. The number of rotatable bonds is 7. The van der Waals surface area contributed by atoms with Gasteiger partial charge in [0.2, 0.25) is 0 Å². The van der Waals surface area contributed by atoms with Crippen molar-refractivity contribution in [3.8, 4) is 0 Å². The van der Waals surface area contributed by atoms with E-state index in [1.807, 2.05) is 0 Å². The van der Waals surface area contributed by atoms with E-state index >= 15 is 0 Å². The Labute approximate surface area is 92.7 Å².